The van der Waals surface area contributed by atoms with Crippen molar-refractivity contribution >= 4 is 23.1 Å². The summed E-state index contributed by atoms with van der Waals surface area (Å²) in [5.74, 6) is 0.0938. The number of anilines is 1. The molecule has 0 aromatic carbocycles. The van der Waals surface area contributed by atoms with E-state index in [1.54, 1.807) is 0 Å². The van der Waals surface area contributed by atoms with Gasteiger partial charge in [0, 0.05) is 4.91 Å². The molecule has 5 N–H and O–H groups in total. The molecule has 9 nitrogen and oxygen atoms in total. The highest BCUT2D eigenvalue weighted by Crippen LogP contribution is 2.08. The average Bonchev–Trinajstić information content (AvgIpc) is 2.48. The molecular formula is C5H5N8O+. The van der Waals surface area contributed by atoms with E-state index in [9.17, 15) is 4.79 Å². The van der Waals surface area contributed by atoms with Crippen LogP contribution in [-0.2, 0) is 0 Å². The van der Waals surface area contributed by atoms with E-state index in [0.29, 0.717) is 0 Å². The van der Waals surface area contributed by atoms with Crippen LogP contribution in [0.1, 0.15) is 0 Å². The van der Waals surface area contributed by atoms with Crippen LogP contribution in [0.5, 0.6) is 0 Å². The second-order valence-corrected chi connectivity index (χ2v) is 2.47. The van der Waals surface area contributed by atoms with E-state index >= 15 is 0 Å². The van der Waals surface area contributed by atoms with Gasteiger partial charge >= 0.3 is 11.5 Å². The number of imidazole rings is 1. The molecule has 2 heterocycles. The van der Waals surface area contributed by atoms with Gasteiger partial charge in [-0.2, -0.15) is 0 Å². The maximum Gasteiger partial charge on any atom is 0.322 e. The van der Waals surface area contributed by atoms with Crippen molar-refractivity contribution in [2.45, 2.75) is 0 Å². The van der Waals surface area contributed by atoms with E-state index < -0.39 is 5.56 Å². The number of nitrogen functional groups attached to an aromatic ring is 1. The molecule has 0 aliphatic carbocycles. The number of aromatic amines is 3. The third-order valence-electron chi connectivity index (χ3n) is 1.56. The van der Waals surface area contributed by atoms with Gasteiger partial charge in [0.15, 0.2) is 5.52 Å². The fourth-order valence-electron chi connectivity index (χ4n) is 1.05. The zero-order valence-electron chi connectivity index (χ0n) is 6.77. The zero-order valence-corrected chi connectivity index (χ0v) is 6.77. The topological polar surface area (TPSA) is 150 Å². The Hall–Kier alpha value is -2.54. The minimum absolute atomic E-state index is 0.00912. The molecule has 0 bridgehead atoms. The number of fused-ring (bicyclic) bond motifs is 1. The number of hydrogen-bond acceptors (Lipinski definition) is 4. The fraction of sp³-hybridized carbons (Fsp3) is 0. The fourth-order valence-corrected chi connectivity index (χ4v) is 1.05. The second-order valence-electron chi connectivity index (χ2n) is 2.47. The molecule has 2 rings (SSSR count). The third kappa shape index (κ3) is 1.13. The van der Waals surface area contributed by atoms with Crippen LogP contribution in [0.2, 0.25) is 0 Å². The number of hydrogen-bond donors (Lipinski definition) is 3. The number of rotatable bonds is 1. The van der Waals surface area contributed by atoms with Crippen LogP contribution in [0, 0.1) is 0 Å². The highest BCUT2D eigenvalue weighted by Gasteiger charge is 2.11. The van der Waals surface area contributed by atoms with E-state index in [2.05, 4.69) is 30.0 Å². The molecule has 0 spiro atoms. The number of aromatic nitrogens is 4. The summed E-state index contributed by atoms with van der Waals surface area (Å²) < 4.78 is 0. The van der Waals surface area contributed by atoms with Crippen LogP contribution in [0.3, 0.4) is 0 Å². The van der Waals surface area contributed by atoms with Gasteiger partial charge in [0.05, 0.1) is 0 Å². The molecule has 9 heteroatoms. The number of nitrogens with zero attached hydrogens (tertiary/aromatic N) is 4. The van der Waals surface area contributed by atoms with Gasteiger partial charge in [0.25, 0.3) is 11.6 Å². The largest absolute Gasteiger partial charge is 0.322 e. The van der Waals surface area contributed by atoms with Gasteiger partial charge in [-0.3, -0.25) is 4.79 Å². The summed E-state index contributed by atoms with van der Waals surface area (Å²) in [5.41, 5.74) is 13.5. The molecule has 70 valence electrons. The Morgan fingerprint density at radius 3 is 3.07 bits per heavy atom. The molecule has 0 atom stereocenters. The van der Waals surface area contributed by atoms with Gasteiger partial charge < -0.3 is 10.7 Å². The third-order valence-corrected chi connectivity index (χ3v) is 1.56. The predicted molar refractivity (Wildman–Crippen MR) is 46.5 cm³/mol. The van der Waals surface area contributed by atoms with Gasteiger partial charge in [0.2, 0.25) is 0 Å². The highest BCUT2D eigenvalue weighted by atomic mass is 16.1. The molecule has 0 saturated carbocycles. The highest BCUT2D eigenvalue weighted by molar-refractivity contribution is 5.68. The maximum atomic E-state index is 11.3. The van der Waals surface area contributed by atoms with Crippen LogP contribution in [-0.4, -0.2) is 15.0 Å². The van der Waals surface area contributed by atoms with Gasteiger partial charge in [-0.05, 0) is 10.6 Å². The lowest BCUT2D eigenvalue weighted by atomic mass is 10.5. The number of nitrogens with one attached hydrogen (secondary N) is 3. The van der Waals surface area contributed by atoms with Crippen molar-refractivity contribution in [3.63, 3.8) is 0 Å². The quantitative estimate of drug-likeness (QED) is 0.320. The van der Waals surface area contributed by atoms with E-state index in [4.69, 9.17) is 11.3 Å². The minimum Gasteiger partial charge on any atom is -0.318 e. The molecule has 0 unspecified atom stereocenters. The van der Waals surface area contributed by atoms with Crippen LogP contribution in [0.25, 0.3) is 21.6 Å². The molecule has 0 saturated heterocycles. The lowest BCUT2D eigenvalue weighted by Gasteiger charge is -1.84. The Labute approximate surface area is 75.6 Å². The van der Waals surface area contributed by atoms with E-state index in [-0.39, 0.29) is 23.1 Å². The molecule has 14 heavy (non-hydrogen) atoms. The molecule has 0 amide bonds. The SMILES string of the molecule is [N-]=[N+]=Nc1nc2[nH+]c(N)[nH]c(=O)c2[nH]1. The molecule has 0 fully saturated rings. The Kier molecular flexibility index (Phi) is 1.58. The minimum atomic E-state index is -0.428. The smallest absolute Gasteiger partial charge is 0.318 e. The number of H-pyrrole nitrogens is 3. The van der Waals surface area contributed by atoms with Crippen LogP contribution in [0.15, 0.2) is 9.91 Å². The van der Waals surface area contributed by atoms with Crippen molar-refractivity contribution in [1.82, 2.24) is 15.0 Å². The summed E-state index contributed by atoms with van der Waals surface area (Å²) in [6.07, 6.45) is 0. The monoisotopic (exact) mass is 193 g/mol. The van der Waals surface area contributed by atoms with Crippen molar-refractivity contribution in [2.24, 2.45) is 5.11 Å². The standard InChI is InChI=1S/C5H4N8O/c6-4-9-2-1(3(14)11-4)8-5(10-2)12-13-7/h(H4,6,8,9,10,11,14)/p+1. The Morgan fingerprint density at radius 2 is 2.36 bits per heavy atom. The molecule has 0 radical (unpaired) electrons. The van der Waals surface area contributed by atoms with Gasteiger partial charge in [0.1, 0.15) is 0 Å². The summed E-state index contributed by atoms with van der Waals surface area (Å²) >= 11 is 0. The van der Waals surface area contributed by atoms with E-state index in [1.165, 1.54) is 0 Å². The predicted octanol–water partition coefficient (Wildman–Crippen LogP) is -0.411. The first-order chi connectivity index (χ1) is 6.70. The van der Waals surface area contributed by atoms with Crippen molar-refractivity contribution in [2.75, 3.05) is 5.73 Å². The molecule has 0 aliphatic rings. The Bertz CT molecular complexity index is 587. The number of azide groups is 1. The van der Waals surface area contributed by atoms with Crippen LogP contribution < -0.4 is 16.3 Å². The second kappa shape index (κ2) is 2.75. The summed E-state index contributed by atoms with van der Waals surface area (Å²) in [6.45, 7) is 0. The molecular weight excluding hydrogens is 188 g/mol. The summed E-state index contributed by atoms with van der Waals surface area (Å²) in [4.78, 5) is 25.0. The summed E-state index contributed by atoms with van der Waals surface area (Å²) in [7, 11) is 0. The van der Waals surface area contributed by atoms with Gasteiger partial charge in [-0.25, -0.2) is 9.97 Å². The lowest BCUT2D eigenvalue weighted by Crippen LogP contribution is -2.21. The zero-order chi connectivity index (χ0) is 10.1. The van der Waals surface area contributed by atoms with Crippen molar-refractivity contribution in [3.8, 4) is 0 Å². The first-order valence-electron chi connectivity index (χ1n) is 3.56. The van der Waals surface area contributed by atoms with E-state index in [0.717, 1.165) is 0 Å². The average molecular weight is 193 g/mol. The molecule has 2 aromatic heterocycles. The first-order valence-corrected chi connectivity index (χ1v) is 3.56. The van der Waals surface area contributed by atoms with Crippen molar-refractivity contribution in [3.05, 3.63) is 20.8 Å². The lowest BCUT2D eigenvalue weighted by molar-refractivity contribution is -0.333. The summed E-state index contributed by atoms with van der Waals surface area (Å²) in [5, 5.41) is 3.21. The number of nitrogens with two attached hydrogens (primary N) is 1. The van der Waals surface area contributed by atoms with Crippen molar-refractivity contribution < 1.29 is 4.98 Å². The van der Waals surface area contributed by atoms with Crippen LogP contribution >= 0.6 is 0 Å². The molecule has 0 aliphatic heterocycles. The first kappa shape index (κ1) is 8.08. The molecule has 2 aromatic rings. The van der Waals surface area contributed by atoms with Gasteiger partial charge in [-0.1, -0.05) is 0 Å². The van der Waals surface area contributed by atoms with Crippen molar-refractivity contribution in [1.29, 1.82) is 0 Å². The maximum absolute atomic E-state index is 11.3. The normalized spacial score (nSPS) is 10.0. The Balaban J connectivity index is 2.83. The van der Waals surface area contributed by atoms with Crippen LogP contribution in [0.4, 0.5) is 11.9 Å². The van der Waals surface area contributed by atoms with Gasteiger partial charge in [-0.15, -0.1) is 4.98 Å². The summed E-state index contributed by atoms with van der Waals surface area (Å²) in [6, 6.07) is 0. The Morgan fingerprint density at radius 1 is 1.57 bits per heavy atom. The van der Waals surface area contributed by atoms with E-state index in [1.807, 2.05) is 0 Å².